The first-order chi connectivity index (χ1) is 11.5. The molecule has 0 unspecified atom stereocenters. The van der Waals surface area contributed by atoms with Gasteiger partial charge in [-0.05, 0) is 52.2 Å². The summed E-state index contributed by atoms with van der Waals surface area (Å²) in [5.41, 5.74) is 0.314. The van der Waals surface area contributed by atoms with Crippen molar-refractivity contribution in [2.75, 3.05) is 30.7 Å². The second-order valence-electron chi connectivity index (χ2n) is 7.09. The fourth-order valence-corrected chi connectivity index (χ4v) is 2.74. The number of likely N-dealkylation sites (tertiary alicyclic amines) is 1. The van der Waals surface area contributed by atoms with Crippen molar-refractivity contribution in [3.63, 3.8) is 0 Å². The Balaban J connectivity index is 0.000000251. The number of carbonyl (C=O) groups is 1. The van der Waals surface area contributed by atoms with Gasteiger partial charge in [-0.1, -0.05) is 18.2 Å². The largest absolute Gasteiger partial charge is 0.444 e. The first kappa shape index (κ1) is 21.3. The molecule has 1 aromatic rings. The van der Waals surface area contributed by atoms with E-state index in [4.69, 9.17) is 4.74 Å². The normalized spacial score (nSPS) is 15.0. The van der Waals surface area contributed by atoms with E-state index >= 15 is 0 Å². The Bertz CT molecular complexity index is 633. The molecule has 0 atom stereocenters. The minimum atomic E-state index is -3.12. The van der Waals surface area contributed by atoms with E-state index in [2.05, 4.69) is 0 Å². The molecule has 7 heteroatoms. The predicted octanol–water partition coefficient (Wildman–Crippen LogP) is 3.49. The van der Waals surface area contributed by atoms with Crippen LogP contribution in [0.4, 0.5) is 10.5 Å². The van der Waals surface area contributed by atoms with Crippen LogP contribution >= 0.6 is 0 Å². The third-order valence-electron chi connectivity index (χ3n) is 3.63. The van der Waals surface area contributed by atoms with Crippen LogP contribution in [0.15, 0.2) is 30.3 Å². The number of para-hydroxylation sites is 1. The van der Waals surface area contributed by atoms with Gasteiger partial charge in [-0.3, -0.25) is 4.31 Å². The van der Waals surface area contributed by atoms with Crippen LogP contribution in [0.3, 0.4) is 0 Å². The Hall–Kier alpha value is -1.76. The van der Waals surface area contributed by atoms with Crippen molar-refractivity contribution in [3.8, 4) is 0 Å². The molecule has 25 heavy (non-hydrogen) atoms. The van der Waals surface area contributed by atoms with E-state index in [9.17, 15) is 13.2 Å². The highest BCUT2D eigenvalue weighted by Crippen LogP contribution is 2.14. The minimum absolute atomic E-state index is 0.160. The van der Waals surface area contributed by atoms with Crippen LogP contribution in [0.1, 0.15) is 40.0 Å². The van der Waals surface area contributed by atoms with Crippen molar-refractivity contribution in [3.05, 3.63) is 30.3 Å². The molecule has 1 heterocycles. The average Bonchev–Trinajstić information content (AvgIpc) is 2.54. The molecule has 1 aliphatic heterocycles. The lowest BCUT2D eigenvalue weighted by Crippen LogP contribution is -2.39. The number of amides is 1. The van der Waals surface area contributed by atoms with E-state index in [1.165, 1.54) is 24.0 Å². The van der Waals surface area contributed by atoms with Gasteiger partial charge in [0, 0.05) is 20.1 Å². The predicted molar refractivity (Wildman–Crippen MR) is 101 cm³/mol. The van der Waals surface area contributed by atoms with Crippen LogP contribution < -0.4 is 4.31 Å². The van der Waals surface area contributed by atoms with Gasteiger partial charge in [0.1, 0.15) is 5.60 Å². The van der Waals surface area contributed by atoms with Crippen LogP contribution in [0.25, 0.3) is 0 Å². The third-order valence-corrected chi connectivity index (χ3v) is 4.83. The van der Waals surface area contributed by atoms with Crippen molar-refractivity contribution in [1.82, 2.24) is 4.90 Å². The molecule has 1 fully saturated rings. The molecule has 1 amide bonds. The molecule has 0 aromatic heterocycles. The summed E-state index contributed by atoms with van der Waals surface area (Å²) in [6, 6.07) is 8.95. The second-order valence-corrected chi connectivity index (χ2v) is 9.11. The van der Waals surface area contributed by atoms with Crippen LogP contribution in [-0.4, -0.2) is 51.4 Å². The highest BCUT2D eigenvalue weighted by Gasteiger charge is 2.22. The van der Waals surface area contributed by atoms with E-state index in [-0.39, 0.29) is 11.7 Å². The van der Waals surface area contributed by atoms with Crippen LogP contribution in [0, 0.1) is 0 Å². The first-order valence-electron chi connectivity index (χ1n) is 8.47. The van der Waals surface area contributed by atoms with E-state index < -0.39 is 10.0 Å². The standard InChI is InChI=1S/C10H19NO2.C8H11NO2S/c1-10(2,3)13-9(12)11-7-5-4-6-8-11;1-9(12(2,10)11)8-6-4-3-5-7-8/h4-8H2,1-3H3;3-7H,1-2H3. The minimum Gasteiger partial charge on any atom is -0.444 e. The fourth-order valence-electron chi connectivity index (χ4n) is 2.23. The number of rotatable bonds is 2. The molecule has 0 saturated carbocycles. The van der Waals surface area contributed by atoms with Gasteiger partial charge in [0.05, 0.1) is 11.9 Å². The van der Waals surface area contributed by atoms with E-state index in [0.29, 0.717) is 5.69 Å². The van der Waals surface area contributed by atoms with E-state index in [0.717, 1.165) is 25.9 Å². The zero-order chi connectivity index (χ0) is 19.1. The Kier molecular flexibility index (Phi) is 7.73. The van der Waals surface area contributed by atoms with Gasteiger partial charge in [0.25, 0.3) is 0 Å². The SMILES string of the molecule is CC(C)(C)OC(=O)N1CCCCC1.CN(c1ccccc1)S(C)(=O)=O. The molecule has 1 aliphatic rings. The maximum Gasteiger partial charge on any atom is 0.410 e. The zero-order valence-corrected chi connectivity index (χ0v) is 16.7. The molecule has 6 nitrogen and oxygen atoms in total. The summed E-state index contributed by atoms with van der Waals surface area (Å²) >= 11 is 0. The number of carbonyl (C=O) groups excluding carboxylic acids is 1. The Morgan fingerprint density at radius 1 is 1.08 bits per heavy atom. The fraction of sp³-hybridized carbons (Fsp3) is 0.611. The number of hydrogen-bond donors (Lipinski definition) is 0. The summed E-state index contributed by atoms with van der Waals surface area (Å²) in [6.45, 7) is 7.41. The van der Waals surface area contributed by atoms with E-state index in [1.807, 2.05) is 26.8 Å². The molecule has 1 saturated heterocycles. The molecule has 0 N–H and O–H groups in total. The van der Waals surface area contributed by atoms with E-state index in [1.54, 1.807) is 29.2 Å². The summed E-state index contributed by atoms with van der Waals surface area (Å²) in [6.07, 6.45) is 4.48. The molecule has 0 bridgehead atoms. The van der Waals surface area contributed by atoms with Crippen molar-refractivity contribution in [1.29, 1.82) is 0 Å². The van der Waals surface area contributed by atoms with Crippen LogP contribution in [0.5, 0.6) is 0 Å². The molecule has 0 radical (unpaired) electrons. The number of nitrogens with zero attached hydrogens (tertiary/aromatic N) is 2. The van der Waals surface area contributed by atoms with Crippen LogP contribution in [0.2, 0.25) is 0 Å². The van der Waals surface area contributed by atoms with Gasteiger partial charge >= 0.3 is 6.09 Å². The molecule has 142 valence electrons. The smallest absolute Gasteiger partial charge is 0.410 e. The van der Waals surface area contributed by atoms with Crippen molar-refractivity contribution >= 4 is 21.8 Å². The topological polar surface area (TPSA) is 66.9 Å². The van der Waals surface area contributed by atoms with Crippen molar-refractivity contribution in [2.45, 2.75) is 45.6 Å². The number of ether oxygens (including phenoxy) is 1. The molecule has 0 aliphatic carbocycles. The van der Waals surface area contributed by atoms with Crippen LogP contribution in [-0.2, 0) is 14.8 Å². The number of hydrogen-bond acceptors (Lipinski definition) is 4. The molecular formula is C18H30N2O4S. The second kappa shape index (κ2) is 9.08. The Morgan fingerprint density at radius 2 is 1.60 bits per heavy atom. The summed E-state index contributed by atoms with van der Waals surface area (Å²) in [4.78, 5) is 13.3. The maximum absolute atomic E-state index is 11.5. The van der Waals surface area contributed by atoms with Gasteiger partial charge in [-0.2, -0.15) is 0 Å². The average molecular weight is 371 g/mol. The lowest BCUT2D eigenvalue weighted by atomic mass is 10.1. The summed E-state index contributed by atoms with van der Waals surface area (Å²) in [5, 5.41) is 0. The molecule has 2 rings (SSSR count). The van der Waals surface area contributed by atoms with Gasteiger partial charge < -0.3 is 9.64 Å². The maximum atomic E-state index is 11.5. The lowest BCUT2D eigenvalue weighted by molar-refractivity contribution is 0.0216. The lowest BCUT2D eigenvalue weighted by Gasteiger charge is -2.29. The van der Waals surface area contributed by atoms with Gasteiger partial charge in [0.2, 0.25) is 10.0 Å². The molecule has 1 aromatic carbocycles. The number of anilines is 1. The number of piperidine rings is 1. The highest BCUT2D eigenvalue weighted by atomic mass is 32.2. The monoisotopic (exact) mass is 370 g/mol. The summed E-state index contributed by atoms with van der Waals surface area (Å²) in [5.74, 6) is 0. The quantitative estimate of drug-likeness (QED) is 0.799. The summed E-state index contributed by atoms with van der Waals surface area (Å²) < 4.78 is 28.6. The number of sulfonamides is 1. The Labute approximate surface area is 151 Å². The third kappa shape index (κ3) is 8.25. The molecular weight excluding hydrogens is 340 g/mol. The number of benzene rings is 1. The van der Waals surface area contributed by atoms with Gasteiger partial charge in [-0.15, -0.1) is 0 Å². The van der Waals surface area contributed by atoms with Gasteiger partial charge in [0.15, 0.2) is 0 Å². The zero-order valence-electron chi connectivity index (χ0n) is 15.9. The van der Waals surface area contributed by atoms with Crippen molar-refractivity contribution < 1.29 is 17.9 Å². The highest BCUT2D eigenvalue weighted by molar-refractivity contribution is 7.92. The van der Waals surface area contributed by atoms with Gasteiger partial charge in [-0.25, -0.2) is 13.2 Å². The Morgan fingerprint density at radius 3 is 2.04 bits per heavy atom. The first-order valence-corrected chi connectivity index (χ1v) is 10.3. The molecule has 0 spiro atoms. The van der Waals surface area contributed by atoms with Crippen molar-refractivity contribution in [2.24, 2.45) is 0 Å². The summed E-state index contributed by atoms with van der Waals surface area (Å²) in [7, 11) is -1.59.